The predicted octanol–water partition coefficient (Wildman–Crippen LogP) is 2.20. The number of aliphatic hydroxyl groups is 1. The van der Waals surface area contributed by atoms with Gasteiger partial charge < -0.3 is 10.0 Å². The van der Waals surface area contributed by atoms with Gasteiger partial charge in [0.1, 0.15) is 0 Å². The number of rotatable bonds is 4. The van der Waals surface area contributed by atoms with E-state index in [0.29, 0.717) is 12.8 Å². The molecular formula is C22H30N2O3. The first-order valence-electron chi connectivity index (χ1n) is 10.4. The lowest BCUT2D eigenvalue weighted by atomic mass is 9.89. The number of ketones is 1. The number of likely N-dealkylation sites (tertiary alicyclic amines) is 2. The second-order valence-corrected chi connectivity index (χ2v) is 8.38. The van der Waals surface area contributed by atoms with Crippen LogP contribution in [0.5, 0.6) is 0 Å². The zero-order valence-electron chi connectivity index (χ0n) is 16.0. The number of fused-ring (bicyclic) bond motifs is 1. The molecule has 3 aliphatic rings. The van der Waals surface area contributed by atoms with Crippen LogP contribution in [0, 0.1) is 0 Å². The quantitative estimate of drug-likeness (QED) is 0.883. The van der Waals surface area contributed by atoms with Gasteiger partial charge in [0.25, 0.3) is 0 Å². The summed E-state index contributed by atoms with van der Waals surface area (Å²) in [6, 6.07) is 6.20. The zero-order chi connectivity index (χ0) is 18.8. The molecule has 0 aromatic heterocycles. The van der Waals surface area contributed by atoms with Crippen LogP contribution >= 0.6 is 0 Å². The van der Waals surface area contributed by atoms with Gasteiger partial charge in [-0.25, -0.2) is 0 Å². The van der Waals surface area contributed by atoms with Crippen LogP contribution in [-0.4, -0.2) is 64.9 Å². The summed E-state index contributed by atoms with van der Waals surface area (Å²) in [5.74, 6) is 0.430. The molecular weight excluding hydrogens is 340 g/mol. The number of aryl methyl sites for hydroxylation is 1. The monoisotopic (exact) mass is 370 g/mol. The van der Waals surface area contributed by atoms with Crippen molar-refractivity contribution in [2.45, 2.75) is 63.5 Å². The smallest absolute Gasteiger partial charge is 0.227 e. The van der Waals surface area contributed by atoms with Crippen molar-refractivity contribution in [2.24, 2.45) is 0 Å². The van der Waals surface area contributed by atoms with E-state index in [2.05, 4.69) is 15.9 Å². The lowest BCUT2D eigenvalue weighted by Gasteiger charge is -2.38. The van der Waals surface area contributed by atoms with Crippen molar-refractivity contribution in [3.8, 4) is 0 Å². The lowest BCUT2D eigenvalue weighted by Crippen LogP contribution is -2.49. The van der Waals surface area contributed by atoms with E-state index >= 15 is 0 Å². The molecule has 1 aliphatic carbocycles. The molecule has 2 fully saturated rings. The van der Waals surface area contributed by atoms with Gasteiger partial charge in [0.15, 0.2) is 5.78 Å². The van der Waals surface area contributed by atoms with Crippen LogP contribution in [0.3, 0.4) is 0 Å². The van der Waals surface area contributed by atoms with Gasteiger partial charge >= 0.3 is 0 Å². The highest BCUT2D eigenvalue weighted by molar-refractivity contribution is 5.98. The fourth-order valence-electron chi connectivity index (χ4n) is 4.88. The summed E-state index contributed by atoms with van der Waals surface area (Å²) in [7, 11) is 0. The Balaban J connectivity index is 1.42. The molecule has 5 nitrogen and oxygen atoms in total. The molecule has 1 aromatic carbocycles. The van der Waals surface area contributed by atoms with E-state index in [1.54, 1.807) is 0 Å². The number of β-amino-alcohol motifs (C(OH)–C–C–N with tert-alkyl or cyclic N) is 1. The maximum atomic E-state index is 13.0. The number of carbonyl (C=O) groups excluding carboxylic acids is 2. The van der Waals surface area contributed by atoms with E-state index < -0.39 is 0 Å². The van der Waals surface area contributed by atoms with Crippen LogP contribution in [0.1, 0.15) is 60.0 Å². The minimum Gasteiger partial charge on any atom is -0.392 e. The first-order chi connectivity index (χ1) is 13.1. The Hall–Kier alpha value is -1.72. The fraction of sp³-hybridized carbons (Fsp3) is 0.636. The van der Waals surface area contributed by atoms with Gasteiger partial charge in [-0.05, 0) is 49.7 Å². The number of hydrogen-bond acceptors (Lipinski definition) is 4. The van der Waals surface area contributed by atoms with E-state index in [4.69, 9.17) is 0 Å². The molecule has 2 unspecified atom stereocenters. The van der Waals surface area contributed by atoms with Gasteiger partial charge in [-0.1, -0.05) is 18.2 Å². The molecule has 2 saturated heterocycles. The fourth-order valence-corrected chi connectivity index (χ4v) is 4.88. The highest BCUT2D eigenvalue weighted by Crippen LogP contribution is 2.24. The van der Waals surface area contributed by atoms with Gasteiger partial charge in [-0.3, -0.25) is 14.5 Å². The van der Waals surface area contributed by atoms with Crippen LogP contribution < -0.4 is 0 Å². The normalized spacial score (nSPS) is 26.3. The van der Waals surface area contributed by atoms with Crippen molar-refractivity contribution in [1.82, 2.24) is 9.80 Å². The van der Waals surface area contributed by atoms with Crippen molar-refractivity contribution in [1.29, 1.82) is 0 Å². The number of hydrogen-bond donors (Lipinski definition) is 1. The highest BCUT2D eigenvalue weighted by atomic mass is 16.3. The molecule has 5 heteroatoms. The van der Waals surface area contributed by atoms with Crippen LogP contribution in [0.2, 0.25) is 0 Å². The third-order valence-electron chi connectivity index (χ3n) is 6.34. The van der Waals surface area contributed by atoms with E-state index in [1.807, 2.05) is 12.1 Å². The predicted molar refractivity (Wildman–Crippen MR) is 104 cm³/mol. The van der Waals surface area contributed by atoms with Gasteiger partial charge in [0.2, 0.25) is 5.91 Å². The first-order valence-corrected chi connectivity index (χ1v) is 10.4. The third-order valence-corrected chi connectivity index (χ3v) is 6.34. The molecule has 0 saturated carbocycles. The Kier molecular flexibility index (Phi) is 5.60. The van der Waals surface area contributed by atoms with Crippen molar-refractivity contribution in [3.63, 3.8) is 0 Å². The Morgan fingerprint density at radius 2 is 2.00 bits per heavy atom. The molecule has 4 rings (SSSR count). The summed E-state index contributed by atoms with van der Waals surface area (Å²) in [5.41, 5.74) is 2.98. The van der Waals surface area contributed by atoms with Crippen LogP contribution in [0.4, 0.5) is 0 Å². The summed E-state index contributed by atoms with van der Waals surface area (Å²) in [6.45, 7) is 3.38. The van der Waals surface area contributed by atoms with E-state index in [-0.39, 0.29) is 23.8 Å². The summed E-state index contributed by atoms with van der Waals surface area (Å²) in [6.07, 6.45) is 6.84. The molecule has 0 spiro atoms. The lowest BCUT2D eigenvalue weighted by molar-refractivity contribution is -0.134. The first kappa shape index (κ1) is 18.6. The molecule has 2 aliphatic heterocycles. The molecule has 146 valence electrons. The molecule has 1 amide bonds. The topological polar surface area (TPSA) is 60.9 Å². The minimum atomic E-state index is -0.212. The molecule has 0 radical (unpaired) electrons. The van der Waals surface area contributed by atoms with E-state index in [9.17, 15) is 14.7 Å². The summed E-state index contributed by atoms with van der Waals surface area (Å²) in [5, 5.41) is 9.77. The van der Waals surface area contributed by atoms with Crippen molar-refractivity contribution >= 4 is 11.7 Å². The second kappa shape index (κ2) is 8.11. The van der Waals surface area contributed by atoms with Crippen LogP contribution in [0.25, 0.3) is 0 Å². The molecule has 2 heterocycles. The van der Waals surface area contributed by atoms with E-state index in [0.717, 1.165) is 75.0 Å². The van der Waals surface area contributed by atoms with Crippen LogP contribution in [0.15, 0.2) is 18.2 Å². The number of Topliss-reactive ketones (excluding diaryl/α,β-unsaturated/α-hetero) is 1. The maximum Gasteiger partial charge on any atom is 0.227 e. The third kappa shape index (κ3) is 4.25. The van der Waals surface area contributed by atoms with Crippen molar-refractivity contribution in [2.75, 3.05) is 26.2 Å². The zero-order valence-corrected chi connectivity index (χ0v) is 16.0. The van der Waals surface area contributed by atoms with Gasteiger partial charge in [-0.2, -0.15) is 0 Å². The average molecular weight is 370 g/mol. The molecule has 0 bridgehead atoms. The summed E-state index contributed by atoms with van der Waals surface area (Å²) < 4.78 is 0. The van der Waals surface area contributed by atoms with Crippen LogP contribution in [-0.2, 0) is 17.6 Å². The Labute approximate surface area is 161 Å². The number of nitrogens with zero attached hydrogens (tertiary/aromatic N) is 2. The molecule has 1 N–H and O–H groups in total. The number of aliphatic hydroxyl groups excluding tert-OH is 1. The Bertz CT molecular complexity index is 718. The number of amides is 1. The number of benzene rings is 1. The maximum absolute atomic E-state index is 13.0. The largest absolute Gasteiger partial charge is 0.392 e. The second-order valence-electron chi connectivity index (χ2n) is 8.38. The van der Waals surface area contributed by atoms with Crippen molar-refractivity contribution < 1.29 is 14.7 Å². The van der Waals surface area contributed by atoms with Gasteiger partial charge in [0.05, 0.1) is 12.5 Å². The van der Waals surface area contributed by atoms with Crippen molar-refractivity contribution in [3.05, 3.63) is 34.9 Å². The highest BCUT2D eigenvalue weighted by Gasteiger charge is 2.30. The summed E-state index contributed by atoms with van der Waals surface area (Å²) in [4.78, 5) is 29.4. The van der Waals surface area contributed by atoms with E-state index in [1.165, 1.54) is 6.42 Å². The summed E-state index contributed by atoms with van der Waals surface area (Å²) >= 11 is 0. The number of carbonyl (C=O) groups is 2. The molecule has 27 heavy (non-hydrogen) atoms. The standard InChI is InChI=1S/C22H30N2O3/c25-19-9-11-23(15-19)14-18-5-1-2-10-24(18)22(27)13-16-7-8-20-17(12-16)4-3-6-21(20)26/h7-8,12,18-19,25H,1-6,9-11,13-15H2. The SMILES string of the molecule is O=C1CCCc2cc(CC(=O)N3CCCCC3CN3CCC(O)C3)ccc21. The minimum absolute atomic E-state index is 0.196. The average Bonchev–Trinajstić information content (AvgIpc) is 3.07. The Morgan fingerprint density at radius 3 is 2.81 bits per heavy atom. The molecule has 2 atom stereocenters. The number of piperidine rings is 1. The van der Waals surface area contributed by atoms with Gasteiger partial charge in [0, 0.05) is 44.2 Å². The van der Waals surface area contributed by atoms with Gasteiger partial charge in [-0.15, -0.1) is 0 Å². The molecule has 1 aromatic rings. The Morgan fingerprint density at radius 1 is 1.11 bits per heavy atom.